The van der Waals surface area contributed by atoms with E-state index in [0.29, 0.717) is 28.8 Å². The Hall–Kier alpha value is -3.35. The summed E-state index contributed by atoms with van der Waals surface area (Å²) < 4.78 is 6.17. The molecule has 0 unspecified atom stereocenters. The lowest BCUT2D eigenvalue weighted by Gasteiger charge is -2.22. The molecule has 0 saturated carbocycles. The Balaban J connectivity index is 1.44. The van der Waals surface area contributed by atoms with Crippen molar-refractivity contribution < 1.29 is 9.53 Å². The number of aryl methyl sites for hydroxylation is 1. The van der Waals surface area contributed by atoms with Crippen molar-refractivity contribution in [2.75, 3.05) is 11.1 Å². The van der Waals surface area contributed by atoms with Crippen molar-refractivity contribution >= 4 is 35.0 Å². The summed E-state index contributed by atoms with van der Waals surface area (Å²) in [4.78, 5) is 22.1. The Morgan fingerprint density at radius 2 is 1.91 bits per heavy atom. The van der Waals surface area contributed by atoms with Crippen LogP contribution in [0.3, 0.4) is 0 Å². The van der Waals surface area contributed by atoms with Crippen molar-refractivity contribution in [3.63, 3.8) is 0 Å². The Morgan fingerprint density at radius 1 is 1.06 bits per heavy atom. The van der Waals surface area contributed by atoms with Gasteiger partial charge in [-0.05, 0) is 36.8 Å². The van der Waals surface area contributed by atoms with E-state index in [0.717, 1.165) is 33.0 Å². The van der Waals surface area contributed by atoms with E-state index >= 15 is 0 Å². The number of hydrogen-bond acceptors (Lipinski definition) is 5. The summed E-state index contributed by atoms with van der Waals surface area (Å²) in [6.07, 6.45) is 0.652. The lowest BCUT2D eigenvalue weighted by molar-refractivity contribution is -0.113. The molecule has 4 aromatic rings. The van der Waals surface area contributed by atoms with Crippen LogP contribution in [0.2, 0.25) is 5.02 Å². The second-order valence-corrected chi connectivity index (χ2v) is 9.14. The fraction of sp³-hybridized carbons (Fsp3) is 0.115. The van der Waals surface area contributed by atoms with Crippen molar-refractivity contribution in [1.82, 2.24) is 9.97 Å². The average molecular weight is 474 g/mol. The van der Waals surface area contributed by atoms with E-state index in [9.17, 15) is 4.79 Å². The Kier molecular flexibility index (Phi) is 6.03. The number of rotatable bonds is 5. The predicted octanol–water partition coefficient (Wildman–Crippen LogP) is 6.53. The van der Waals surface area contributed by atoms with Gasteiger partial charge in [-0.25, -0.2) is 4.98 Å². The first-order chi connectivity index (χ1) is 16.0. The monoisotopic (exact) mass is 473 g/mol. The first kappa shape index (κ1) is 21.5. The number of hydrogen-bond donors (Lipinski definition) is 1. The fourth-order valence-electron chi connectivity index (χ4n) is 3.65. The molecule has 2 heterocycles. The van der Waals surface area contributed by atoms with E-state index < -0.39 is 0 Å². The van der Waals surface area contributed by atoms with Gasteiger partial charge in [0, 0.05) is 22.7 Å². The van der Waals surface area contributed by atoms with Crippen LogP contribution in [0.15, 0.2) is 77.8 Å². The van der Waals surface area contributed by atoms with Crippen LogP contribution < -0.4 is 10.1 Å². The van der Waals surface area contributed by atoms with Gasteiger partial charge in [0.05, 0.1) is 11.3 Å². The molecule has 0 fully saturated rings. The minimum absolute atomic E-state index is 0.135. The summed E-state index contributed by atoms with van der Waals surface area (Å²) in [6, 6.07) is 23.0. The number of carbonyl (C=O) groups excluding carboxylic acids is 1. The number of nitrogens with zero attached hydrogens (tertiary/aromatic N) is 2. The third-order valence-corrected chi connectivity index (χ3v) is 6.45. The number of carbonyl (C=O) groups is 1. The Morgan fingerprint density at radius 3 is 2.73 bits per heavy atom. The van der Waals surface area contributed by atoms with Gasteiger partial charge >= 0.3 is 0 Å². The van der Waals surface area contributed by atoms with Gasteiger partial charge in [-0.1, -0.05) is 77.5 Å². The molecule has 1 N–H and O–H groups in total. The Labute approximate surface area is 201 Å². The number of aromatic nitrogens is 2. The maximum Gasteiger partial charge on any atom is 0.234 e. The molecule has 5 nitrogen and oxygen atoms in total. The molecular weight excluding hydrogens is 454 g/mol. The minimum atomic E-state index is -0.135. The number of ether oxygens (including phenoxy) is 1. The highest BCUT2D eigenvalue weighted by Gasteiger charge is 2.24. The highest BCUT2D eigenvalue weighted by molar-refractivity contribution is 8.00. The maximum atomic E-state index is 12.6. The fourth-order valence-corrected chi connectivity index (χ4v) is 4.67. The van der Waals surface area contributed by atoms with Gasteiger partial charge in [0.25, 0.3) is 0 Å². The van der Waals surface area contributed by atoms with E-state index in [2.05, 4.69) is 18.3 Å². The zero-order valence-electron chi connectivity index (χ0n) is 17.8. The van der Waals surface area contributed by atoms with Crippen LogP contribution in [0, 0.1) is 6.92 Å². The number of nitrogens with one attached hydrogen (secondary N) is 1. The largest absolute Gasteiger partial charge is 0.438 e. The number of halogens is 1. The summed E-state index contributed by atoms with van der Waals surface area (Å²) in [7, 11) is 0. The molecule has 1 aliphatic heterocycles. The van der Waals surface area contributed by atoms with Crippen LogP contribution in [-0.2, 0) is 11.2 Å². The van der Waals surface area contributed by atoms with Crippen molar-refractivity contribution in [2.24, 2.45) is 0 Å². The molecule has 1 aliphatic rings. The van der Waals surface area contributed by atoms with Gasteiger partial charge in [0.2, 0.25) is 11.8 Å². The van der Waals surface area contributed by atoms with Crippen LogP contribution in [0.5, 0.6) is 11.6 Å². The van der Waals surface area contributed by atoms with Crippen LogP contribution >= 0.6 is 23.4 Å². The second-order valence-electron chi connectivity index (χ2n) is 7.74. The van der Waals surface area contributed by atoms with Crippen LogP contribution in [-0.4, -0.2) is 21.6 Å². The van der Waals surface area contributed by atoms with Crippen molar-refractivity contribution in [1.29, 1.82) is 0 Å². The van der Waals surface area contributed by atoms with E-state index in [1.807, 2.05) is 48.5 Å². The molecule has 33 heavy (non-hydrogen) atoms. The lowest BCUT2D eigenvalue weighted by atomic mass is 10.0. The van der Waals surface area contributed by atoms with Crippen molar-refractivity contribution in [3.05, 3.63) is 94.5 Å². The quantitative estimate of drug-likeness (QED) is 0.232. The highest BCUT2D eigenvalue weighted by atomic mass is 35.5. The van der Waals surface area contributed by atoms with Crippen LogP contribution in [0.25, 0.3) is 11.4 Å². The molecule has 5 rings (SSSR count). The van der Waals surface area contributed by atoms with Gasteiger partial charge in [-0.15, -0.1) is 0 Å². The predicted molar refractivity (Wildman–Crippen MR) is 132 cm³/mol. The van der Waals surface area contributed by atoms with Crippen molar-refractivity contribution in [2.45, 2.75) is 18.4 Å². The van der Waals surface area contributed by atoms with E-state index in [1.165, 1.54) is 11.8 Å². The van der Waals surface area contributed by atoms with Gasteiger partial charge in [0.1, 0.15) is 10.8 Å². The molecule has 0 bridgehead atoms. The maximum absolute atomic E-state index is 12.6. The average Bonchev–Trinajstić information content (AvgIpc) is 2.82. The summed E-state index contributed by atoms with van der Waals surface area (Å²) in [5.41, 5.74) is 4.70. The molecule has 7 heteroatoms. The number of amides is 1. The van der Waals surface area contributed by atoms with E-state index in [4.69, 9.17) is 26.3 Å². The SMILES string of the molecule is Cc1ccc2c(c1)Cc1c(nc(-c3ccccc3)nc1SCC(=O)Nc1cccc(Cl)c1)O2. The number of benzene rings is 3. The first-order valence-corrected chi connectivity index (χ1v) is 11.8. The van der Waals surface area contributed by atoms with Gasteiger partial charge in [-0.3, -0.25) is 4.79 Å². The van der Waals surface area contributed by atoms with Crippen LogP contribution in [0.4, 0.5) is 5.69 Å². The zero-order valence-corrected chi connectivity index (χ0v) is 19.4. The van der Waals surface area contributed by atoms with Crippen molar-refractivity contribution in [3.8, 4) is 23.0 Å². The molecular formula is C26H20ClN3O2S. The highest BCUT2D eigenvalue weighted by Crippen LogP contribution is 2.40. The second kappa shape index (κ2) is 9.25. The number of thioether (sulfide) groups is 1. The Bertz CT molecular complexity index is 1340. The van der Waals surface area contributed by atoms with Gasteiger partial charge < -0.3 is 10.1 Å². The molecule has 1 aromatic heterocycles. The first-order valence-electron chi connectivity index (χ1n) is 10.5. The molecule has 0 spiro atoms. The molecule has 0 radical (unpaired) electrons. The van der Waals surface area contributed by atoms with Crippen LogP contribution in [0.1, 0.15) is 16.7 Å². The molecule has 1 amide bonds. The molecule has 3 aromatic carbocycles. The summed E-state index contributed by atoms with van der Waals surface area (Å²) >= 11 is 7.40. The molecule has 0 aliphatic carbocycles. The molecule has 164 valence electrons. The van der Waals surface area contributed by atoms with Gasteiger partial charge in [-0.2, -0.15) is 4.98 Å². The third kappa shape index (κ3) is 4.87. The zero-order chi connectivity index (χ0) is 22.8. The topological polar surface area (TPSA) is 64.1 Å². The summed E-state index contributed by atoms with van der Waals surface area (Å²) in [5, 5.41) is 4.20. The number of anilines is 1. The summed E-state index contributed by atoms with van der Waals surface area (Å²) in [5.74, 6) is 1.98. The van der Waals surface area contributed by atoms with Gasteiger partial charge in [0.15, 0.2) is 5.82 Å². The van der Waals surface area contributed by atoms with E-state index in [-0.39, 0.29) is 11.7 Å². The summed E-state index contributed by atoms with van der Waals surface area (Å²) in [6.45, 7) is 2.06. The normalized spacial score (nSPS) is 11.8. The number of fused-ring (bicyclic) bond motifs is 2. The smallest absolute Gasteiger partial charge is 0.234 e. The third-order valence-electron chi connectivity index (χ3n) is 5.20. The lowest BCUT2D eigenvalue weighted by Crippen LogP contribution is -2.15. The molecule has 0 atom stereocenters. The molecule has 0 saturated heterocycles. The minimum Gasteiger partial charge on any atom is -0.438 e. The van der Waals surface area contributed by atoms with E-state index in [1.54, 1.807) is 18.2 Å². The standard InChI is InChI=1S/C26H20ClN3O2S/c1-16-10-11-22-18(12-16)13-21-25(32-22)29-24(17-6-3-2-4-7-17)30-26(21)33-15-23(31)28-20-9-5-8-19(27)14-20/h2-12,14H,13,15H2,1H3,(H,28,31).